The summed E-state index contributed by atoms with van der Waals surface area (Å²) in [6.07, 6.45) is 0.225. The average Bonchev–Trinajstić information content (AvgIpc) is 3.13. The molecule has 24 heavy (non-hydrogen) atoms. The molecule has 1 aliphatic heterocycles. The number of halogens is 1. The lowest BCUT2D eigenvalue weighted by molar-refractivity contribution is -0.135. The zero-order valence-electron chi connectivity index (χ0n) is 13.5. The van der Waals surface area contributed by atoms with Crippen molar-refractivity contribution in [1.82, 2.24) is 10.1 Å². The Morgan fingerprint density at radius 1 is 1.46 bits per heavy atom. The second-order valence-electron chi connectivity index (χ2n) is 5.98. The molecule has 0 unspecified atom stereocenters. The van der Waals surface area contributed by atoms with Crippen LogP contribution >= 0.6 is 15.9 Å². The quantitative estimate of drug-likeness (QED) is 0.803. The monoisotopic (exact) mass is 391 g/mol. The van der Waals surface area contributed by atoms with Gasteiger partial charge in [0.05, 0.1) is 18.2 Å². The molecular formula is C17H18BrN3O3. The molecule has 1 aromatic carbocycles. The average molecular weight is 392 g/mol. The summed E-state index contributed by atoms with van der Waals surface area (Å²) in [5.41, 5.74) is 1.50. The fraction of sp³-hybridized carbons (Fsp3) is 0.353. The van der Waals surface area contributed by atoms with E-state index in [9.17, 15) is 9.59 Å². The summed E-state index contributed by atoms with van der Waals surface area (Å²) in [7, 11) is 1.72. The molecule has 1 atom stereocenters. The van der Waals surface area contributed by atoms with Crippen LogP contribution in [0, 0.1) is 12.8 Å². The predicted molar refractivity (Wildman–Crippen MR) is 92.3 cm³/mol. The first-order chi connectivity index (χ1) is 11.5. The van der Waals surface area contributed by atoms with Gasteiger partial charge in [-0.3, -0.25) is 9.59 Å². The number of amides is 2. The molecule has 2 aromatic rings. The summed E-state index contributed by atoms with van der Waals surface area (Å²) < 4.78 is 5.87. The number of nitrogens with zero attached hydrogens (tertiary/aromatic N) is 3. The van der Waals surface area contributed by atoms with E-state index in [1.165, 1.54) is 0 Å². The van der Waals surface area contributed by atoms with Crippen molar-refractivity contribution in [3.8, 4) is 0 Å². The van der Waals surface area contributed by atoms with E-state index in [0.29, 0.717) is 24.5 Å². The summed E-state index contributed by atoms with van der Waals surface area (Å²) in [5, 5.41) is 3.90. The number of anilines is 1. The Bertz CT molecular complexity index is 774. The molecule has 7 heteroatoms. The number of benzene rings is 1. The maximum absolute atomic E-state index is 12.6. The van der Waals surface area contributed by atoms with Gasteiger partial charge in [-0.15, -0.1) is 0 Å². The fourth-order valence-electron chi connectivity index (χ4n) is 2.90. The molecular weight excluding hydrogens is 374 g/mol. The van der Waals surface area contributed by atoms with E-state index in [2.05, 4.69) is 21.1 Å². The van der Waals surface area contributed by atoms with Crippen LogP contribution in [-0.4, -0.2) is 35.5 Å². The molecule has 1 aliphatic rings. The minimum Gasteiger partial charge on any atom is -0.361 e. The predicted octanol–water partition coefficient (Wildman–Crippen LogP) is 2.76. The second-order valence-corrected chi connectivity index (χ2v) is 6.83. The number of rotatable bonds is 4. The van der Waals surface area contributed by atoms with Crippen molar-refractivity contribution in [3.05, 3.63) is 46.3 Å². The Balaban J connectivity index is 1.68. The first-order valence-corrected chi connectivity index (χ1v) is 8.47. The number of hydrogen-bond donors (Lipinski definition) is 0. The van der Waals surface area contributed by atoms with Gasteiger partial charge in [0.2, 0.25) is 11.8 Å². The third-order valence-electron chi connectivity index (χ3n) is 4.07. The Labute approximate surface area is 148 Å². The first-order valence-electron chi connectivity index (χ1n) is 7.68. The van der Waals surface area contributed by atoms with Gasteiger partial charge in [-0.25, -0.2) is 0 Å². The number of hydrogen-bond acceptors (Lipinski definition) is 4. The van der Waals surface area contributed by atoms with E-state index in [1.807, 2.05) is 31.2 Å². The van der Waals surface area contributed by atoms with Gasteiger partial charge in [-0.2, -0.15) is 0 Å². The van der Waals surface area contributed by atoms with Gasteiger partial charge in [0.15, 0.2) is 0 Å². The normalized spacial score (nSPS) is 17.4. The minimum absolute atomic E-state index is 0.0362. The maximum atomic E-state index is 12.6. The molecule has 6 nitrogen and oxygen atoms in total. The van der Waals surface area contributed by atoms with Crippen molar-refractivity contribution in [2.45, 2.75) is 19.9 Å². The summed E-state index contributed by atoms with van der Waals surface area (Å²) in [4.78, 5) is 28.2. The van der Waals surface area contributed by atoms with Crippen molar-refractivity contribution in [2.75, 3.05) is 18.5 Å². The van der Waals surface area contributed by atoms with E-state index in [4.69, 9.17) is 4.52 Å². The number of carbonyl (C=O) groups excluding carboxylic acids is 2. The van der Waals surface area contributed by atoms with Crippen LogP contribution in [0.2, 0.25) is 0 Å². The Morgan fingerprint density at radius 2 is 2.21 bits per heavy atom. The summed E-state index contributed by atoms with van der Waals surface area (Å²) in [6, 6.07) is 9.33. The van der Waals surface area contributed by atoms with E-state index >= 15 is 0 Å². The highest BCUT2D eigenvalue weighted by atomic mass is 79.9. The third kappa shape index (κ3) is 3.36. The largest absolute Gasteiger partial charge is 0.361 e. The van der Waals surface area contributed by atoms with Gasteiger partial charge in [0.1, 0.15) is 11.5 Å². The van der Waals surface area contributed by atoms with E-state index in [1.54, 1.807) is 22.9 Å². The van der Waals surface area contributed by atoms with Gasteiger partial charge in [0.25, 0.3) is 0 Å². The molecule has 3 rings (SSSR count). The third-order valence-corrected chi connectivity index (χ3v) is 4.74. The lowest BCUT2D eigenvalue weighted by Crippen LogP contribution is -2.34. The zero-order chi connectivity index (χ0) is 17.3. The number of carbonyl (C=O) groups is 2. The Morgan fingerprint density at radius 3 is 2.88 bits per heavy atom. The van der Waals surface area contributed by atoms with Gasteiger partial charge < -0.3 is 14.3 Å². The smallest absolute Gasteiger partial charge is 0.228 e. The molecule has 1 fully saturated rings. The van der Waals surface area contributed by atoms with Crippen molar-refractivity contribution < 1.29 is 14.1 Å². The van der Waals surface area contributed by atoms with Crippen molar-refractivity contribution in [2.24, 2.45) is 5.92 Å². The highest BCUT2D eigenvalue weighted by molar-refractivity contribution is 9.10. The molecule has 0 N–H and O–H groups in total. The van der Waals surface area contributed by atoms with Crippen molar-refractivity contribution in [3.63, 3.8) is 0 Å². The molecule has 1 aromatic heterocycles. The van der Waals surface area contributed by atoms with E-state index < -0.39 is 0 Å². The molecule has 1 saturated heterocycles. The molecule has 0 spiro atoms. The van der Waals surface area contributed by atoms with E-state index in [-0.39, 0.29) is 24.2 Å². The maximum Gasteiger partial charge on any atom is 0.228 e. The van der Waals surface area contributed by atoms with Crippen LogP contribution in [0.4, 0.5) is 5.69 Å². The van der Waals surface area contributed by atoms with Gasteiger partial charge in [-0.05, 0) is 35.0 Å². The minimum atomic E-state index is -0.345. The molecule has 0 radical (unpaired) electrons. The molecule has 0 saturated carbocycles. The lowest BCUT2D eigenvalue weighted by atomic mass is 10.1. The van der Waals surface area contributed by atoms with Crippen LogP contribution in [0.15, 0.2) is 39.3 Å². The van der Waals surface area contributed by atoms with Crippen LogP contribution in [0.5, 0.6) is 0 Å². The van der Waals surface area contributed by atoms with Gasteiger partial charge in [0, 0.05) is 30.6 Å². The Kier molecular flexibility index (Phi) is 4.71. The van der Waals surface area contributed by atoms with Crippen molar-refractivity contribution in [1.29, 1.82) is 0 Å². The highest BCUT2D eigenvalue weighted by Crippen LogP contribution is 2.31. The first kappa shape index (κ1) is 16.7. The molecule has 126 valence electrons. The van der Waals surface area contributed by atoms with Crippen molar-refractivity contribution >= 4 is 33.4 Å². The molecule has 2 amide bonds. The second kappa shape index (κ2) is 6.76. The zero-order valence-corrected chi connectivity index (χ0v) is 15.1. The molecule has 2 heterocycles. The summed E-state index contributed by atoms with van der Waals surface area (Å²) in [6.45, 7) is 2.57. The summed E-state index contributed by atoms with van der Waals surface area (Å²) in [5.74, 6) is 0.272. The van der Waals surface area contributed by atoms with E-state index in [0.717, 1.165) is 10.2 Å². The molecule has 0 bridgehead atoms. The van der Waals surface area contributed by atoms with Gasteiger partial charge >= 0.3 is 0 Å². The standard InChI is InChI=1S/C17H18BrN3O3/c1-11-7-13(19-24-11)10-20(2)17(23)12-8-16(22)21(9-12)15-6-4-3-5-14(15)18/h3-7,12H,8-10H2,1-2H3/t12-/m1/s1. The van der Waals surface area contributed by atoms with Crippen LogP contribution in [0.1, 0.15) is 17.9 Å². The molecule has 0 aliphatic carbocycles. The number of aryl methyl sites for hydroxylation is 1. The van der Waals surface area contributed by atoms with Crippen LogP contribution in [0.3, 0.4) is 0 Å². The fourth-order valence-corrected chi connectivity index (χ4v) is 3.40. The number of aromatic nitrogens is 1. The van der Waals surface area contributed by atoms with Crippen LogP contribution < -0.4 is 4.90 Å². The van der Waals surface area contributed by atoms with Crippen LogP contribution in [0.25, 0.3) is 0 Å². The van der Waals surface area contributed by atoms with Crippen LogP contribution in [-0.2, 0) is 16.1 Å². The number of para-hydroxylation sites is 1. The topological polar surface area (TPSA) is 66.7 Å². The van der Waals surface area contributed by atoms with Gasteiger partial charge in [-0.1, -0.05) is 17.3 Å². The highest BCUT2D eigenvalue weighted by Gasteiger charge is 2.37. The summed E-state index contributed by atoms with van der Waals surface area (Å²) >= 11 is 3.46. The SMILES string of the molecule is Cc1cc(CN(C)C(=O)[C@@H]2CC(=O)N(c3ccccc3Br)C2)no1. The lowest BCUT2D eigenvalue weighted by Gasteiger charge is -2.21. The Hall–Kier alpha value is -2.15.